The van der Waals surface area contributed by atoms with Crippen molar-refractivity contribution in [2.75, 3.05) is 4.90 Å². The summed E-state index contributed by atoms with van der Waals surface area (Å²) in [5, 5.41) is 4.85. The number of furan rings is 1. The highest BCUT2D eigenvalue weighted by molar-refractivity contribution is 6.08. The van der Waals surface area contributed by atoms with E-state index < -0.39 is 0 Å². The number of allylic oxidation sites excluding steroid dienone is 5. The van der Waals surface area contributed by atoms with Gasteiger partial charge in [0.1, 0.15) is 11.2 Å². The van der Waals surface area contributed by atoms with Crippen LogP contribution in [0.15, 0.2) is 174 Å². The van der Waals surface area contributed by atoms with Crippen LogP contribution in [0.3, 0.4) is 0 Å². The lowest BCUT2D eigenvalue weighted by Gasteiger charge is -2.39. The number of anilines is 1. The molecule has 0 amide bonds. The Hall–Kier alpha value is -5.86. The van der Waals surface area contributed by atoms with Crippen LogP contribution in [0, 0.1) is 0 Å². The zero-order valence-electron chi connectivity index (χ0n) is 26.5. The Morgan fingerprint density at radius 1 is 0.604 bits per heavy atom. The largest absolute Gasteiger partial charge is 0.455 e. The first kappa shape index (κ1) is 27.3. The highest BCUT2D eigenvalue weighted by atomic mass is 16.3. The molecular weight excluding hydrogens is 583 g/mol. The first-order valence-electron chi connectivity index (χ1n) is 17.0. The Labute approximate surface area is 280 Å². The van der Waals surface area contributed by atoms with Gasteiger partial charge in [0, 0.05) is 39.0 Å². The maximum absolute atomic E-state index is 6.51. The Kier molecular flexibility index (Phi) is 6.17. The van der Waals surface area contributed by atoms with Crippen LogP contribution in [0.2, 0.25) is 0 Å². The predicted octanol–water partition coefficient (Wildman–Crippen LogP) is 12.1. The summed E-state index contributed by atoms with van der Waals surface area (Å²) >= 11 is 0. The first-order chi connectivity index (χ1) is 23.8. The van der Waals surface area contributed by atoms with Gasteiger partial charge < -0.3 is 9.32 Å². The van der Waals surface area contributed by atoms with Gasteiger partial charge in [-0.1, -0.05) is 146 Å². The topological polar surface area (TPSA) is 16.4 Å². The molecule has 3 aliphatic carbocycles. The molecule has 2 unspecified atom stereocenters. The Bertz CT molecular complexity index is 2530. The van der Waals surface area contributed by atoms with Gasteiger partial charge in [-0.15, -0.1) is 0 Å². The van der Waals surface area contributed by atoms with Gasteiger partial charge in [-0.05, 0) is 69.8 Å². The number of fused-ring (bicyclic) bond motifs is 10. The fourth-order valence-electron chi connectivity index (χ4n) is 8.39. The van der Waals surface area contributed by atoms with Gasteiger partial charge in [-0.25, -0.2) is 0 Å². The maximum atomic E-state index is 6.51. The number of hydrogen-bond acceptors (Lipinski definition) is 2. The average Bonchev–Trinajstić information content (AvgIpc) is 3.54. The summed E-state index contributed by atoms with van der Waals surface area (Å²) in [7, 11) is 0. The standard InChI is InChI=1S/C46H33NO/c1-2-16-34-30(12-1)13-10-24-44(34)47(33-26-27-40-38-19-4-3-17-36(38)37-18-5-6-20-39(37)43(40)29-33)32-15-9-14-31(28-32)35-22-11-23-42-41-21-7-8-25-45(41)48-46(35)42/h1-26,29,32,40H,27-28H2. The molecule has 3 aliphatic rings. The molecule has 0 spiro atoms. The summed E-state index contributed by atoms with van der Waals surface area (Å²) in [6.07, 6.45) is 13.7. The molecule has 1 aromatic heterocycles. The Morgan fingerprint density at radius 2 is 1.31 bits per heavy atom. The van der Waals surface area contributed by atoms with Gasteiger partial charge in [-0.2, -0.15) is 0 Å². The van der Waals surface area contributed by atoms with Crippen molar-refractivity contribution >= 4 is 49.5 Å². The molecule has 6 aromatic carbocycles. The number of para-hydroxylation sites is 2. The summed E-state index contributed by atoms with van der Waals surface area (Å²) in [5.41, 5.74) is 13.7. The molecule has 0 aliphatic heterocycles. The predicted molar refractivity (Wildman–Crippen MR) is 201 cm³/mol. The van der Waals surface area contributed by atoms with E-state index in [2.05, 4.69) is 163 Å². The van der Waals surface area contributed by atoms with Crippen molar-refractivity contribution in [3.8, 4) is 11.1 Å². The summed E-state index contributed by atoms with van der Waals surface area (Å²) < 4.78 is 6.51. The second kappa shape index (κ2) is 10.9. The first-order valence-corrected chi connectivity index (χ1v) is 17.0. The van der Waals surface area contributed by atoms with Crippen LogP contribution < -0.4 is 4.90 Å². The lowest BCUT2D eigenvalue weighted by molar-refractivity contribution is 0.666. The van der Waals surface area contributed by atoms with E-state index >= 15 is 0 Å². The number of hydrogen-bond donors (Lipinski definition) is 0. The summed E-state index contributed by atoms with van der Waals surface area (Å²) in [6, 6.07) is 48.5. The molecule has 2 nitrogen and oxygen atoms in total. The summed E-state index contributed by atoms with van der Waals surface area (Å²) in [5.74, 6) is 0.345. The van der Waals surface area contributed by atoms with Crippen LogP contribution in [-0.2, 0) is 0 Å². The Balaban J connectivity index is 1.11. The molecule has 10 rings (SSSR count). The lowest BCUT2D eigenvalue weighted by Crippen LogP contribution is -2.35. The van der Waals surface area contributed by atoms with E-state index in [4.69, 9.17) is 4.42 Å². The van der Waals surface area contributed by atoms with Crippen molar-refractivity contribution in [1.29, 1.82) is 0 Å². The molecule has 228 valence electrons. The average molecular weight is 616 g/mol. The van der Waals surface area contributed by atoms with E-state index in [1.54, 1.807) is 0 Å². The molecule has 0 radical (unpaired) electrons. The normalized spacial score (nSPS) is 18.1. The van der Waals surface area contributed by atoms with Crippen molar-refractivity contribution in [2.45, 2.75) is 24.8 Å². The minimum atomic E-state index is 0.112. The summed E-state index contributed by atoms with van der Waals surface area (Å²) in [4.78, 5) is 2.59. The van der Waals surface area contributed by atoms with E-state index in [1.807, 2.05) is 6.07 Å². The smallest absolute Gasteiger partial charge is 0.142 e. The van der Waals surface area contributed by atoms with Crippen molar-refractivity contribution in [3.63, 3.8) is 0 Å². The second-order valence-electron chi connectivity index (χ2n) is 13.1. The third-order valence-corrected chi connectivity index (χ3v) is 10.6. The molecule has 2 atom stereocenters. The van der Waals surface area contributed by atoms with Gasteiger partial charge in [0.15, 0.2) is 0 Å². The molecule has 0 N–H and O–H groups in total. The van der Waals surface area contributed by atoms with E-state index in [0.717, 1.165) is 29.4 Å². The molecular formula is C46H33NO. The van der Waals surface area contributed by atoms with E-state index in [1.165, 1.54) is 66.5 Å². The van der Waals surface area contributed by atoms with Crippen LogP contribution in [0.4, 0.5) is 5.69 Å². The SMILES string of the molecule is C1=CC(N(C2=CCC3C(=C2)c2ccccc2-c2ccccc23)c2cccc3ccccc23)CC(c2cccc3c2oc2ccccc23)=C1. The van der Waals surface area contributed by atoms with Crippen LogP contribution in [0.25, 0.3) is 55.0 Å². The zero-order chi connectivity index (χ0) is 31.6. The highest BCUT2D eigenvalue weighted by Crippen LogP contribution is 2.51. The van der Waals surface area contributed by atoms with Gasteiger partial charge in [0.2, 0.25) is 0 Å². The fourth-order valence-corrected chi connectivity index (χ4v) is 8.39. The highest BCUT2D eigenvalue weighted by Gasteiger charge is 2.33. The van der Waals surface area contributed by atoms with Crippen molar-refractivity contribution < 1.29 is 4.42 Å². The molecule has 0 saturated carbocycles. The molecule has 48 heavy (non-hydrogen) atoms. The zero-order valence-corrected chi connectivity index (χ0v) is 26.5. The quantitative estimate of drug-likeness (QED) is 0.196. The lowest BCUT2D eigenvalue weighted by atomic mass is 9.72. The van der Waals surface area contributed by atoms with Crippen LogP contribution >= 0.6 is 0 Å². The molecule has 0 saturated heterocycles. The van der Waals surface area contributed by atoms with Crippen molar-refractivity contribution in [1.82, 2.24) is 0 Å². The summed E-state index contributed by atoms with van der Waals surface area (Å²) in [6.45, 7) is 0. The van der Waals surface area contributed by atoms with Crippen LogP contribution in [0.5, 0.6) is 0 Å². The number of rotatable bonds is 4. The fraction of sp³-hybridized carbons (Fsp3) is 0.0870. The third-order valence-electron chi connectivity index (χ3n) is 10.6. The third kappa shape index (κ3) is 4.19. The minimum Gasteiger partial charge on any atom is -0.455 e. The van der Waals surface area contributed by atoms with E-state index in [9.17, 15) is 0 Å². The van der Waals surface area contributed by atoms with Gasteiger partial charge in [-0.3, -0.25) is 0 Å². The molecule has 2 heteroatoms. The van der Waals surface area contributed by atoms with Gasteiger partial charge in [0.25, 0.3) is 0 Å². The van der Waals surface area contributed by atoms with Crippen LogP contribution in [0.1, 0.15) is 35.4 Å². The molecule has 0 bridgehead atoms. The van der Waals surface area contributed by atoms with Crippen molar-refractivity contribution in [2.24, 2.45) is 0 Å². The number of nitrogens with zero attached hydrogens (tertiary/aromatic N) is 1. The number of benzene rings is 6. The van der Waals surface area contributed by atoms with E-state index in [-0.39, 0.29) is 6.04 Å². The minimum absolute atomic E-state index is 0.112. The van der Waals surface area contributed by atoms with Crippen molar-refractivity contribution in [3.05, 3.63) is 186 Å². The molecule has 7 aromatic rings. The monoisotopic (exact) mass is 615 g/mol. The Morgan fingerprint density at radius 3 is 2.25 bits per heavy atom. The maximum Gasteiger partial charge on any atom is 0.142 e. The second-order valence-corrected chi connectivity index (χ2v) is 13.1. The molecule has 0 fully saturated rings. The van der Waals surface area contributed by atoms with Gasteiger partial charge in [0.05, 0.1) is 6.04 Å². The molecule has 1 heterocycles. The van der Waals surface area contributed by atoms with Crippen LogP contribution in [-0.4, -0.2) is 6.04 Å². The van der Waals surface area contributed by atoms with E-state index in [0.29, 0.717) is 5.92 Å². The van der Waals surface area contributed by atoms with Gasteiger partial charge >= 0.3 is 0 Å².